The number of anilines is 1. The molecule has 4 rings (SSSR count). The van der Waals surface area contributed by atoms with Crippen LogP contribution in [0.5, 0.6) is 5.75 Å². The summed E-state index contributed by atoms with van der Waals surface area (Å²) in [5, 5.41) is 5.60. The van der Waals surface area contributed by atoms with E-state index in [0.29, 0.717) is 22.6 Å². The van der Waals surface area contributed by atoms with Crippen LogP contribution in [-0.4, -0.2) is 30.5 Å². The first kappa shape index (κ1) is 27.9. The highest BCUT2D eigenvalue weighted by atomic mass is 79.9. The van der Waals surface area contributed by atoms with E-state index in [1.807, 2.05) is 42.5 Å². The summed E-state index contributed by atoms with van der Waals surface area (Å²) in [6, 6.07) is 30.4. The van der Waals surface area contributed by atoms with Crippen LogP contribution in [0.2, 0.25) is 0 Å². The number of halogens is 1. The van der Waals surface area contributed by atoms with Crippen molar-refractivity contribution in [3.05, 3.63) is 130 Å². The molecule has 0 radical (unpaired) electrons. The molecule has 0 unspecified atom stereocenters. The Labute approximate surface area is 239 Å². The monoisotopic (exact) mass is 600 g/mol. The van der Waals surface area contributed by atoms with Gasteiger partial charge in [0.05, 0.1) is 18.4 Å². The molecule has 0 spiro atoms. The van der Waals surface area contributed by atoms with Gasteiger partial charge in [-0.15, -0.1) is 11.8 Å². The number of amides is 2. The lowest BCUT2D eigenvalue weighted by Gasteiger charge is -2.12. The van der Waals surface area contributed by atoms with Crippen LogP contribution in [-0.2, 0) is 4.79 Å². The molecular formula is C31H25BrN2O4S. The zero-order valence-corrected chi connectivity index (χ0v) is 23.4. The Morgan fingerprint density at radius 1 is 0.872 bits per heavy atom. The van der Waals surface area contributed by atoms with Crippen molar-refractivity contribution in [1.29, 1.82) is 0 Å². The minimum absolute atomic E-state index is 0.0604. The van der Waals surface area contributed by atoms with Crippen molar-refractivity contribution in [3.8, 4) is 5.75 Å². The Balaban J connectivity index is 1.49. The number of Topliss-reactive ketones (excluding diaryl/α,β-unsaturated/α-hetero) is 1. The fraction of sp³-hybridized carbons (Fsp3) is 0.0645. The fourth-order valence-electron chi connectivity index (χ4n) is 3.67. The number of hydrogen-bond donors (Lipinski definition) is 2. The molecule has 196 valence electrons. The number of para-hydroxylation sites is 1. The topological polar surface area (TPSA) is 84.5 Å². The van der Waals surface area contributed by atoms with Crippen molar-refractivity contribution in [2.75, 3.05) is 18.2 Å². The van der Waals surface area contributed by atoms with Crippen LogP contribution in [0.1, 0.15) is 26.3 Å². The lowest BCUT2D eigenvalue weighted by atomic mass is 10.1. The molecular weight excluding hydrogens is 576 g/mol. The van der Waals surface area contributed by atoms with Crippen LogP contribution >= 0.6 is 27.7 Å². The maximum Gasteiger partial charge on any atom is 0.272 e. The maximum atomic E-state index is 13.3. The largest absolute Gasteiger partial charge is 0.496 e. The minimum Gasteiger partial charge on any atom is -0.496 e. The second-order valence-corrected chi connectivity index (χ2v) is 10.3. The van der Waals surface area contributed by atoms with Crippen molar-refractivity contribution in [1.82, 2.24) is 5.32 Å². The molecule has 0 fully saturated rings. The summed E-state index contributed by atoms with van der Waals surface area (Å²) < 4.78 is 6.14. The number of carbonyl (C=O) groups is 3. The van der Waals surface area contributed by atoms with Gasteiger partial charge in [-0.05, 0) is 66.2 Å². The third-order valence-electron chi connectivity index (χ3n) is 5.56. The van der Waals surface area contributed by atoms with Gasteiger partial charge < -0.3 is 15.4 Å². The van der Waals surface area contributed by atoms with Gasteiger partial charge >= 0.3 is 0 Å². The van der Waals surface area contributed by atoms with Crippen LogP contribution in [0.4, 0.5) is 5.69 Å². The Kier molecular flexibility index (Phi) is 9.72. The van der Waals surface area contributed by atoms with Crippen LogP contribution < -0.4 is 15.4 Å². The molecule has 0 heterocycles. The molecule has 2 amide bonds. The predicted octanol–water partition coefficient (Wildman–Crippen LogP) is 6.84. The van der Waals surface area contributed by atoms with E-state index in [1.165, 1.54) is 18.9 Å². The summed E-state index contributed by atoms with van der Waals surface area (Å²) >= 11 is 4.79. The SMILES string of the molecule is COc1ccccc1C(=O)CSc1cccc(NC(=O)/C(=C/c2cccc(Br)c2)NC(=O)c2ccccc2)c1. The summed E-state index contributed by atoms with van der Waals surface area (Å²) in [5.74, 6) is -0.197. The van der Waals surface area contributed by atoms with E-state index in [0.717, 1.165) is 14.9 Å². The molecule has 8 heteroatoms. The molecule has 4 aromatic rings. The highest BCUT2D eigenvalue weighted by Gasteiger charge is 2.16. The zero-order chi connectivity index (χ0) is 27.6. The number of methoxy groups -OCH3 is 1. The van der Waals surface area contributed by atoms with E-state index >= 15 is 0 Å². The van der Waals surface area contributed by atoms with E-state index in [1.54, 1.807) is 66.7 Å². The third-order valence-corrected chi connectivity index (χ3v) is 7.04. The van der Waals surface area contributed by atoms with Gasteiger partial charge in [-0.3, -0.25) is 14.4 Å². The van der Waals surface area contributed by atoms with E-state index in [2.05, 4.69) is 26.6 Å². The average molecular weight is 602 g/mol. The molecule has 6 nitrogen and oxygen atoms in total. The van der Waals surface area contributed by atoms with Gasteiger partial charge in [0.25, 0.3) is 11.8 Å². The minimum atomic E-state index is -0.480. The van der Waals surface area contributed by atoms with E-state index in [9.17, 15) is 14.4 Å². The summed E-state index contributed by atoms with van der Waals surface area (Å²) in [6.07, 6.45) is 1.62. The number of nitrogens with one attached hydrogen (secondary N) is 2. The molecule has 0 aliphatic carbocycles. The summed E-state index contributed by atoms with van der Waals surface area (Å²) in [7, 11) is 1.53. The standard InChI is InChI=1S/C31H25BrN2O4S/c1-38-29-16-6-5-15-26(29)28(35)20-39-25-14-8-13-24(19-25)33-31(37)27(18-21-9-7-12-23(32)17-21)34-30(36)22-10-3-2-4-11-22/h2-19H,20H2,1H3,(H,33,37)(H,34,36)/b27-18-. The predicted molar refractivity (Wildman–Crippen MR) is 159 cm³/mol. The second kappa shape index (κ2) is 13.6. The first-order valence-corrected chi connectivity index (χ1v) is 13.7. The van der Waals surface area contributed by atoms with Gasteiger partial charge in [0.15, 0.2) is 5.78 Å². The molecule has 0 saturated carbocycles. The molecule has 2 N–H and O–H groups in total. The van der Waals surface area contributed by atoms with Crippen LogP contribution in [0.15, 0.2) is 118 Å². The molecule has 4 aromatic carbocycles. The summed E-state index contributed by atoms with van der Waals surface area (Å²) in [4.78, 5) is 39.7. The van der Waals surface area contributed by atoms with Crippen molar-refractivity contribution < 1.29 is 19.1 Å². The maximum absolute atomic E-state index is 13.3. The number of ketones is 1. The summed E-state index contributed by atoms with van der Waals surface area (Å²) in [6.45, 7) is 0. The quantitative estimate of drug-likeness (QED) is 0.118. The summed E-state index contributed by atoms with van der Waals surface area (Å²) in [5.41, 5.74) is 2.31. The fourth-order valence-corrected chi connectivity index (χ4v) is 4.92. The normalized spacial score (nSPS) is 11.0. The number of carbonyl (C=O) groups excluding carboxylic acids is 3. The molecule has 39 heavy (non-hydrogen) atoms. The van der Waals surface area contributed by atoms with Crippen molar-refractivity contribution in [2.45, 2.75) is 4.90 Å². The molecule has 0 aliphatic heterocycles. The zero-order valence-electron chi connectivity index (χ0n) is 21.0. The van der Waals surface area contributed by atoms with Gasteiger partial charge in [-0.2, -0.15) is 0 Å². The van der Waals surface area contributed by atoms with Crippen molar-refractivity contribution in [2.24, 2.45) is 0 Å². The van der Waals surface area contributed by atoms with Gasteiger partial charge in [-0.25, -0.2) is 0 Å². The third kappa shape index (κ3) is 7.92. The Morgan fingerprint density at radius 2 is 1.62 bits per heavy atom. The van der Waals surface area contributed by atoms with Crippen molar-refractivity contribution >= 4 is 57.1 Å². The molecule has 0 saturated heterocycles. The number of ether oxygens (including phenoxy) is 1. The smallest absolute Gasteiger partial charge is 0.272 e. The van der Waals surface area contributed by atoms with Gasteiger partial charge in [0.2, 0.25) is 0 Å². The first-order valence-electron chi connectivity index (χ1n) is 12.0. The van der Waals surface area contributed by atoms with E-state index < -0.39 is 11.8 Å². The lowest BCUT2D eigenvalue weighted by molar-refractivity contribution is -0.113. The van der Waals surface area contributed by atoms with Crippen molar-refractivity contribution in [3.63, 3.8) is 0 Å². The molecule has 0 aromatic heterocycles. The first-order chi connectivity index (χ1) is 18.9. The van der Waals surface area contributed by atoms with Gasteiger partial charge in [-0.1, -0.05) is 64.5 Å². The van der Waals surface area contributed by atoms with Gasteiger partial charge in [0, 0.05) is 20.6 Å². The highest BCUT2D eigenvalue weighted by molar-refractivity contribution is 9.10. The Bertz CT molecular complexity index is 1520. The molecule has 0 aliphatic rings. The lowest BCUT2D eigenvalue weighted by Crippen LogP contribution is -2.30. The number of thioether (sulfide) groups is 1. The van der Waals surface area contributed by atoms with Crippen LogP contribution in [0.3, 0.4) is 0 Å². The van der Waals surface area contributed by atoms with Crippen LogP contribution in [0, 0.1) is 0 Å². The molecule has 0 bridgehead atoms. The van der Waals surface area contributed by atoms with Crippen LogP contribution in [0.25, 0.3) is 6.08 Å². The van der Waals surface area contributed by atoms with E-state index in [-0.39, 0.29) is 17.2 Å². The molecule has 0 atom stereocenters. The number of rotatable bonds is 10. The van der Waals surface area contributed by atoms with Gasteiger partial charge in [0.1, 0.15) is 11.4 Å². The number of benzene rings is 4. The number of hydrogen-bond acceptors (Lipinski definition) is 5. The average Bonchev–Trinajstić information content (AvgIpc) is 2.96. The second-order valence-electron chi connectivity index (χ2n) is 8.33. The Morgan fingerprint density at radius 3 is 2.38 bits per heavy atom. The van der Waals surface area contributed by atoms with E-state index in [4.69, 9.17) is 4.74 Å². The highest BCUT2D eigenvalue weighted by Crippen LogP contribution is 2.25. The Hall–Kier alpha value is -4.14.